The smallest absolute Gasteiger partial charge is 0.248 e. The van der Waals surface area contributed by atoms with Crippen LogP contribution >= 0.6 is 0 Å². The first-order chi connectivity index (χ1) is 8.77. The van der Waals surface area contributed by atoms with Gasteiger partial charge in [-0.25, -0.2) is 0 Å². The Morgan fingerprint density at radius 2 is 2.17 bits per heavy atom. The number of amides is 1. The second-order valence-electron chi connectivity index (χ2n) is 5.44. The first-order valence-electron chi connectivity index (χ1n) is 6.92. The lowest BCUT2D eigenvalue weighted by atomic mass is 9.76. The van der Waals surface area contributed by atoms with E-state index in [1.165, 1.54) is 36.8 Å². The average Bonchev–Trinajstić information content (AvgIpc) is 2.91. The highest BCUT2D eigenvalue weighted by Crippen LogP contribution is 2.38. The van der Waals surface area contributed by atoms with Gasteiger partial charge in [-0.2, -0.15) is 0 Å². The molecule has 1 aromatic carbocycles. The molecule has 1 aromatic rings. The van der Waals surface area contributed by atoms with E-state index in [1.54, 1.807) is 0 Å². The number of rotatable bonds is 2. The van der Waals surface area contributed by atoms with Crippen molar-refractivity contribution in [3.8, 4) is 0 Å². The van der Waals surface area contributed by atoms with Crippen molar-refractivity contribution in [1.29, 1.82) is 0 Å². The first-order valence-corrected chi connectivity index (χ1v) is 6.92. The zero-order chi connectivity index (χ0) is 12.5. The minimum Gasteiger partial charge on any atom is -0.366 e. The van der Waals surface area contributed by atoms with Crippen molar-refractivity contribution in [2.45, 2.75) is 44.1 Å². The third-order valence-electron chi connectivity index (χ3n) is 4.38. The lowest BCUT2D eigenvalue weighted by molar-refractivity contribution is 0.0998. The summed E-state index contributed by atoms with van der Waals surface area (Å²) in [7, 11) is 0. The molecule has 1 amide bonds. The van der Waals surface area contributed by atoms with Crippen LogP contribution in [-0.4, -0.2) is 18.5 Å². The summed E-state index contributed by atoms with van der Waals surface area (Å²) in [6.45, 7) is 1.11. The van der Waals surface area contributed by atoms with Crippen LogP contribution < -0.4 is 11.1 Å². The van der Waals surface area contributed by atoms with Crippen LogP contribution in [0, 0.1) is 0 Å². The Balaban J connectivity index is 2.04. The van der Waals surface area contributed by atoms with Crippen molar-refractivity contribution in [2.75, 3.05) is 6.54 Å². The number of carbonyl (C=O) groups excluding carboxylic acids is 1. The first kappa shape index (κ1) is 11.7. The van der Waals surface area contributed by atoms with E-state index in [1.807, 2.05) is 12.1 Å². The molecule has 1 fully saturated rings. The average molecular weight is 244 g/mol. The maximum atomic E-state index is 11.6. The quantitative estimate of drug-likeness (QED) is 0.835. The summed E-state index contributed by atoms with van der Waals surface area (Å²) in [5, 5.41) is 3.58. The van der Waals surface area contributed by atoms with E-state index in [0.29, 0.717) is 12.0 Å². The highest BCUT2D eigenvalue weighted by atomic mass is 16.1. The summed E-state index contributed by atoms with van der Waals surface area (Å²) in [5.74, 6) is 0.191. The summed E-state index contributed by atoms with van der Waals surface area (Å²) >= 11 is 0. The molecule has 2 aliphatic rings. The van der Waals surface area contributed by atoms with Gasteiger partial charge in [-0.3, -0.25) is 4.79 Å². The molecule has 1 saturated heterocycles. The highest BCUT2D eigenvalue weighted by Gasteiger charge is 2.32. The van der Waals surface area contributed by atoms with Gasteiger partial charge in [0, 0.05) is 17.5 Å². The van der Waals surface area contributed by atoms with Crippen molar-refractivity contribution < 1.29 is 4.79 Å². The van der Waals surface area contributed by atoms with Crippen LogP contribution in [0.15, 0.2) is 18.2 Å². The van der Waals surface area contributed by atoms with Crippen LogP contribution in [-0.2, 0) is 6.42 Å². The summed E-state index contributed by atoms with van der Waals surface area (Å²) in [5.41, 5.74) is 8.84. The molecule has 1 aliphatic heterocycles. The maximum Gasteiger partial charge on any atom is 0.248 e. The van der Waals surface area contributed by atoms with Crippen molar-refractivity contribution in [2.24, 2.45) is 5.73 Å². The van der Waals surface area contributed by atoms with E-state index in [2.05, 4.69) is 11.4 Å². The van der Waals surface area contributed by atoms with E-state index in [4.69, 9.17) is 5.73 Å². The number of hydrogen-bond donors (Lipinski definition) is 2. The normalized spacial score (nSPS) is 26.9. The fraction of sp³-hybridized carbons (Fsp3) is 0.533. The van der Waals surface area contributed by atoms with Gasteiger partial charge < -0.3 is 11.1 Å². The summed E-state index contributed by atoms with van der Waals surface area (Å²) in [6, 6.07) is 6.53. The van der Waals surface area contributed by atoms with Crippen LogP contribution in [0.4, 0.5) is 0 Å². The molecule has 0 spiro atoms. The van der Waals surface area contributed by atoms with Gasteiger partial charge in [0.05, 0.1) is 0 Å². The van der Waals surface area contributed by atoms with Gasteiger partial charge in [0.25, 0.3) is 0 Å². The number of nitrogens with one attached hydrogen (secondary N) is 1. The topological polar surface area (TPSA) is 55.1 Å². The van der Waals surface area contributed by atoms with E-state index >= 15 is 0 Å². The second-order valence-corrected chi connectivity index (χ2v) is 5.44. The number of benzene rings is 1. The third-order valence-corrected chi connectivity index (χ3v) is 4.38. The standard InChI is InChI=1S/C15H20N2O/c16-15(18)12-7-2-5-10-4-1-6-11(14(10)12)13-8-3-9-17-13/h2,5,7,11,13,17H,1,3-4,6,8-9H2,(H2,16,18). The van der Waals surface area contributed by atoms with Crippen molar-refractivity contribution >= 4 is 5.91 Å². The monoisotopic (exact) mass is 244 g/mol. The van der Waals surface area contributed by atoms with Gasteiger partial charge in [-0.05, 0) is 55.8 Å². The summed E-state index contributed by atoms with van der Waals surface area (Å²) < 4.78 is 0. The SMILES string of the molecule is NC(=O)c1cccc2c1C(C1CCCN1)CCC2. The number of nitrogens with two attached hydrogens (primary N) is 1. The maximum absolute atomic E-state index is 11.6. The molecule has 3 nitrogen and oxygen atoms in total. The molecule has 2 atom stereocenters. The van der Waals surface area contributed by atoms with Crippen molar-refractivity contribution in [1.82, 2.24) is 5.32 Å². The molecule has 3 N–H and O–H groups in total. The van der Waals surface area contributed by atoms with Gasteiger partial charge >= 0.3 is 0 Å². The van der Waals surface area contributed by atoms with Gasteiger partial charge in [0.15, 0.2) is 0 Å². The van der Waals surface area contributed by atoms with Crippen LogP contribution in [0.5, 0.6) is 0 Å². The lowest BCUT2D eigenvalue weighted by Gasteiger charge is -2.31. The highest BCUT2D eigenvalue weighted by molar-refractivity contribution is 5.95. The molecule has 0 bridgehead atoms. The molecular weight excluding hydrogens is 224 g/mol. The lowest BCUT2D eigenvalue weighted by Crippen LogP contribution is -2.33. The molecule has 3 rings (SSSR count). The van der Waals surface area contributed by atoms with Gasteiger partial charge in [-0.15, -0.1) is 0 Å². The number of hydrogen-bond acceptors (Lipinski definition) is 2. The largest absolute Gasteiger partial charge is 0.366 e. The minimum absolute atomic E-state index is 0.281. The van der Waals surface area contributed by atoms with Gasteiger partial charge in [0.1, 0.15) is 0 Å². The Labute approximate surface area is 108 Å². The Kier molecular flexibility index (Phi) is 3.08. The molecule has 0 aromatic heterocycles. The van der Waals surface area contributed by atoms with Crippen molar-refractivity contribution in [3.05, 3.63) is 34.9 Å². The molecule has 18 heavy (non-hydrogen) atoms. The number of aryl methyl sites for hydroxylation is 1. The number of carbonyl (C=O) groups is 1. The van der Waals surface area contributed by atoms with Crippen LogP contribution in [0.25, 0.3) is 0 Å². The molecule has 0 radical (unpaired) electrons. The predicted molar refractivity (Wildman–Crippen MR) is 71.7 cm³/mol. The Bertz CT molecular complexity index is 464. The van der Waals surface area contributed by atoms with Crippen LogP contribution in [0.2, 0.25) is 0 Å². The molecular formula is C15H20N2O. The second kappa shape index (κ2) is 4.73. The van der Waals surface area contributed by atoms with E-state index in [-0.39, 0.29) is 5.91 Å². The number of fused-ring (bicyclic) bond motifs is 1. The zero-order valence-corrected chi connectivity index (χ0v) is 10.6. The minimum atomic E-state index is -0.281. The van der Waals surface area contributed by atoms with E-state index < -0.39 is 0 Å². The molecule has 2 unspecified atom stereocenters. The Morgan fingerprint density at radius 3 is 2.89 bits per heavy atom. The van der Waals surface area contributed by atoms with E-state index in [0.717, 1.165) is 18.5 Å². The molecule has 1 heterocycles. The van der Waals surface area contributed by atoms with Crippen LogP contribution in [0.1, 0.15) is 53.1 Å². The van der Waals surface area contributed by atoms with Gasteiger partial charge in [0.2, 0.25) is 5.91 Å². The Morgan fingerprint density at radius 1 is 1.28 bits per heavy atom. The Hall–Kier alpha value is -1.35. The molecule has 3 heteroatoms. The molecule has 96 valence electrons. The number of primary amides is 1. The summed E-state index contributed by atoms with van der Waals surface area (Å²) in [4.78, 5) is 11.6. The van der Waals surface area contributed by atoms with Gasteiger partial charge in [-0.1, -0.05) is 12.1 Å². The third kappa shape index (κ3) is 1.93. The summed E-state index contributed by atoms with van der Waals surface area (Å²) in [6.07, 6.45) is 5.94. The van der Waals surface area contributed by atoms with Crippen LogP contribution in [0.3, 0.4) is 0 Å². The fourth-order valence-electron chi connectivity index (χ4n) is 3.60. The molecule has 1 aliphatic carbocycles. The van der Waals surface area contributed by atoms with Crippen molar-refractivity contribution in [3.63, 3.8) is 0 Å². The predicted octanol–water partition coefficient (Wildman–Crippen LogP) is 1.96. The molecule has 0 saturated carbocycles. The fourth-order valence-corrected chi connectivity index (χ4v) is 3.60. The van der Waals surface area contributed by atoms with E-state index in [9.17, 15) is 4.79 Å². The zero-order valence-electron chi connectivity index (χ0n) is 10.6.